The molecule has 0 amide bonds. The van der Waals surface area contributed by atoms with E-state index in [9.17, 15) is 13.2 Å². The summed E-state index contributed by atoms with van der Waals surface area (Å²) in [5, 5.41) is 3.45. The van der Waals surface area contributed by atoms with Crippen LogP contribution in [0.15, 0.2) is 71.6 Å². The Labute approximate surface area is 217 Å². The SMILES string of the molecule is COc1ccc2c(c1)C(=CC(=O)c1cccc(NS(=O)(=O)c3cc(OC)ccc3OC)c1)NC(C)(C)C2. The predicted molar refractivity (Wildman–Crippen MR) is 143 cm³/mol. The lowest BCUT2D eigenvalue weighted by Gasteiger charge is -2.35. The molecule has 0 aromatic heterocycles. The molecule has 0 aliphatic carbocycles. The zero-order chi connectivity index (χ0) is 26.8. The summed E-state index contributed by atoms with van der Waals surface area (Å²) in [6, 6.07) is 16.7. The van der Waals surface area contributed by atoms with Gasteiger partial charge in [-0.3, -0.25) is 9.52 Å². The van der Waals surface area contributed by atoms with Crippen molar-refractivity contribution in [2.45, 2.75) is 30.7 Å². The van der Waals surface area contributed by atoms with E-state index in [2.05, 4.69) is 23.9 Å². The third kappa shape index (κ3) is 5.72. The molecule has 0 bridgehead atoms. The molecule has 4 rings (SSSR count). The van der Waals surface area contributed by atoms with E-state index in [0.29, 0.717) is 22.8 Å². The van der Waals surface area contributed by atoms with Crippen molar-refractivity contribution >= 4 is 27.2 Å². The molecule has 3 aromatic rings. The van der Waals surface area contributed by atoms with E-state index in [4.69, 9.17) is 14.2 Å². The third-order valence-electron chi connectivity index (χ3n) is 6.05. The van der Waals surface area contributed by atoms with E-state index in [1.807, 2.05) is 18.2 Å². The molecule has 0 fully saturated rings. The van der Waals surface area contributed by atoms with Gasteiger partial charge < -0.3 is 19.5 Å². The third-order valence-corrected chi connectivity index (χ3v) is 7.45. The monoisotopic (exact) mass is 522 g/mol. The van der Waals surface area contributed by atoms with Crippen molar-refractivity contribution in [1.82, 2.24) is 5.32 Å². The number of carbonyl (C=O) groups is 1. The number of methoxy groups -OCH3 is 3. The highest BCUT2D eigenvalue weighted by atomic mass is 32.2. The zero-order valence-electron chi connectivity index (χ0n) is 21.4. The fourth-order valence-corrected chi connectivity index (χ4v) is 5.54. The molecule has 8 nitrogen and oxygen atoms in total. The minimum atomic E-state index is -4.03. The highest BCUT2D eigenvalue weighted by Gasteiger charge is 2.28. The van der Waals surface area contributed by atoms with Crippen molar-refractivity contribution < 1.29 is 27.4 Å². The summed E-state index contributed by atoms with van der Waals surface area (Å²) in [6.07, 6.45) is 2.33. The van der Waals surface area contributed by atoms with Crippen LogP contribution in [0.5, 0.6) is 17.2 Å². The molecule has 194 valence electrons. The van der Waals surface area contributed by atoms with Gasteiger partial charge in [0, 0.05) is 40.2 Å². The fraction of sp³-hybridized carbons (Fsp3) is 0.250. The minimum absolute atomic E-state index is 0.0765. The van der Waals surface area contributed by atoms with Gasteiger partial charge in [-0.2, -0.15) is 0 Å². The first-order valence-corrected chi connectivity index (χ1v) is 13.1. The van der Waals surface area contributed by atoms with Crippen molar-refractivity contribution in [1.29, 1.82) is 0 Å². The lowest BCUT2D eigenvalue weighted by atomic mass is 9.85. The van der Waals surface area contributed by atoms with Crippen LogP contribution in [-0.4, -0.2) is 41.1 Å². The number of ether oxygens (including phenoxy) is 3. The van der Waals surface area contributed by atoms with Crippen LogP contribution in [0.1, 0.15) is 35.3 Å². The zero-order valence-corrected chi connectivity index (χ0v) is 22.2. The van der Waals surface area contributed by atoms with Crippen molar-refractivity contribution in [2.24, 2.45) is 0 Å². The largest absolute Gasteiger partial charge is 0.497 e. The molecule has 1 heterocycles. The molecule has 3 aromatic carbocycles. The average molecular weight is 523 g/mol. The lowest BCUT2D eigenvalue weighted by molar-refractivity contribution is 0.104. The Morgan fingerprint density at radius 2 is 1.65 bits per heavy atom. The van der Waals surface area contributed by atoms with Gasteiger partial charge in [-0.05, 0) is 62.2 Å². The van der Waals surface area contributed by atoms with E-state index < -0.39 is 10.0 Å². The molecule has 0 atom stereocenters. The van der Waals surface area contributed by atoms with E-state index in [-0.39, 0.29) is 27.7 Å². The molecular formula is C28H30N2O6S. The number of fused-ring (bicyclic) bond motifs is 1. The first-order chi connectivity index (χ1) is 17.5. The molecule has 0 saturated carbocycles. The second kappa shape index (κ2) is 10.2. The number of anilines is 1. The van der Waals surface area contributed by atoms with Crippen LogP contribution in [0.3, 0.4) is 0 Å². The topological polar surface area (TPSA) is 103 Å². The van der Waals surface area contributed by atoms with Gasteiger partial charge in [-0.1, -0.05) is 18.2 Å². The van der Waals surface area contributed by atoms with E-state index in [0.717, 1.165) is 17.5 Å². The standard InChI is InChI=1S/C28H30N2O6S/c1-28(2)17-19-9-10-21(34-3)14-23(19)24(29-28)16-25(31)18-7-6-8-20(13-18)30-37(32,33)27-15-22(35-4)11-12-26(27)36-5/h6-16,29-30H,17H2,1-5H3. The Balaban J connectivity index is 1.65. The molecule has 0 saturated heterocycles. The Hall–Kier alpha value is -3.98. The molecule has 0 unspecified atom stereocenters. The number of nitrogens with one attached hydrogen (secondary N) is 2. The summed E-state index contributed by atoms with van der Waals surface area (Å²) in [5.74, 6) is 0.971. The minimum Gasteiger partial charge on any atom is -0.497 e. The molecule has 0 radical (unpaired) electrons. The van der Waals surface area contributed by atoms with Gasteiger partial charge in [0.05, 0.1) is 21.3 Å². The van der Waals surface area contributed by atoms with Gasteiger partial charge in [-0.15, -0.1) is 0 Å². The van der Waals surface area contributed by atoms with Crippen LogP contribution in [-0.2, 0) is 16.4 Å². The van der Waals surface area contributed by atoms with Crippen molar-refractivity contribution in [3.8, 4) is 17.2 Å². The Kier molecular flexibility index (Phi) is 7.18. The van der Waals surface area contributed by atoms with Gasteiger partial charge >= 0.3 is 0 Å². The Morgan fingerprint density at radius 1 is 0.946 bits per heavy atom. The summed E-state index contributed by atoms with van der Waals surface area (Å²) >= 11 is 0. The molecule has 37 heavy (non-hydrogen) atoms. The van der Waals surface area contributed by atoms with Gasteiger partial charge in [0.15, 0.2) is 5.78 Å². The van der Waals surface area contributed by atoms with Crippen LogP contribution in [0.2, 0.25) is 0 Å². The maximum atomic E-state index is 13.3. The Morgan fingerprint density at radius 3 is 2.35 bits per heavy atom. The van der Waals surface area contributed by atoms with Gasteiger partial charge in [0.2, 0.25) is 0 Å². The lowest BCUT2D eigenvalue weighted by Crippen LogP contribution is -2.43. The maximum absolute atomic E-state index is 13.3. The molecule has 2 N–H and O–H groups in total. The first kappa shape index (κ1) is 26.1. The van der Waals surface area contributed by atoms with Crippen molar-refractivity contribution in [3.63, 3.8) is 0 Å². The first-order valence-electron chi connectivity index (χ1n) is 11.6. The highest BCUT2D eigenvalue weighted by molar-refractivity contribution is 7.92. The van der Waals surface area contributed by atoms with Gasteiger partial charge in [0.25, 0.3) is 10.0 Å². The van der Waals surface area contributed by atoms with Gasteiger partial charge in [-0.25, -0.2) is 8.42 Å². The number of benzene rings is 3. The summed E-state index contributed by atoms with van der Waals surface area (Å²) in [4.78, 5) is 13.2. The quantitative estimate of drug-likeness (QED) is 0.328. The van der Waals surface area contributed by atoms with Gasteiger partial charge in [0.1, 0.15) is 22.1 Å². The number of allylic oxidation sites excluding steroid dienone is 1. The Bertz CT molecular complexity index is 1480. The summed E-state index contributed by atoms with van der Waals surface area (Å²) in [5.41, 5.74) is 3.02. The molecule has 1 aliphatic rings. The number of carbonyl (C=O) groups excluding carboxylic acids is 1. The van der Waals surface area contributed by atoms with Crippen LogP contribution in [0.4, 0.5) is 5.69 Å². The number of rotatable bonds is 8. The van der Waals surface area contributed by atoms with E-state index >= 15 is 0 Å². The fourth-order valence-electron chi connectivity index (χ4n) is 4.31. The molecular weight excluding hydrogens is 492 g/mol. The van der Waals surface area contributed by atoms with E-state index in [1.165, 1.54) is 38.5 Å². The van der Waals surface area contributed by atoms with Crippen molar-refractivity contribution in [2.75, 3.05) is 26.1 Å². The smallest absolute Gasteiger partial charge is 0.265 e. The summed E-state index contributed by atoms with van der Waals surface area (Å²) < 4.78 is 44.6. The van der Waals surface area contributed by atoms with Crippen LogP contribution in [0.25, 0.3) is 5.70 Å². The molecule has 9 heteroatoms. The molecule has 0 spiro atoms. The highest BCUT2D eigenvalue weighted by Crippen LogP contribution is 2.33. The summed E-state index contributed by atoms with van der Waals surface area (Å²) in [6.45, 7) is 4.14. The number of hydrogen-bond donors (Lipinski definition) is 2. The summed E-state index contributed by atoms with van der Waals surface area (Å²) in [7, 11) is 0.413. The number of hydrogen-bond acceptors (Lipinski definition) is 7. The second-order valence-corrected chi connectivity index (χ2v) is 11.0. The normalized spacial score (nSPS) is 15.3. The van der Waals surface area contributed by atoms with Crippen molar-refractivity contribution in [3.05, 3.63) is 83.4 Å². The number of sulfonamides is 1. The average Bonchev–Trinajstić information content (AvgIpc) is 2.87. The predicted octanol–water partition coefficient (Wildman–Crippen LogP) is 4.66. The van der Waals surface area contributed by atoms with Crippen LogP contribution < -0.4 is 24.2 Å². The second-order valence-electron chi connectivity index (χ2n) is 9.33. The number of ketones is 1. The van der Waals surface area contributed by atoms with Crippen LogP contribution in [0, 0.1) is 0 Å². The van der Waals surface area contributed by atoms with E-state index in [1.54, 1.807) is 31.4 Å². The maximum Gasteiger partial charge on any atom is 0.265 e. The van der Waals surface area contributed by atoms with Crippen LogP contribution >= 0.6 is 0 Å². The molecule has 1 aliphatic heterocycles.